The molecule has 1 fully saturated rings. The SMILES string of the molecule is Cc1c([C@H](C)NC(=O)NC2CCOC(C)C2)oc2ccccc12. The minimum Gasteiger partial charge on any atom is -0.459 e. The number of ether oxygens (including phenoxy) is 1. The fourth-order valence-corrected chi connectivity index (χ4v) is 3.22. The number of rotatable bonds is 3. The predicted octanol–water partition coefficient (Wildman–Crippen LogP) is 3.67. The number of amides is 2. The largest absolute Gasteiger partial charge is 0.459 e. The normalized spacial score (nSPS) is 22.7. The number of para-hydroxylation sites is 1. The molecule has 1 aromatic carbocycles. The van der Waals surface area contributed by atoms with Crippen LogP contribution >= 0.6 is 0 Å². The number of urea groups is 1. The highest BCUT2D eigenvalue weighted by Crippen LogP contribution is 2.29. The van der Waals surface area contributed by atoms with E-state index in [-0.39, 0.29) is 24.2 Å². The Hall–Kier alpha value is -2.01. The van der Waals surface area contributed by atoms with Crippen molar-refractivity contribution in [2.24, 2.45) is 0 Å². The van der Waals surface area contributed by atoms with Gasteiger partial charge in [0.25, 0.3) is 0 Å². The molecule has 2 N–H and O–H groups in total. The van der Waals surface area contributed by atoms with Gasteiger partial charge in [0.1, 0.15) is 11.3 Å². The number of fused-ring (bicyclic) bond motifs is 1. The summed E-state index contributed by atoms with van der Waals surface area (Å²) < 4.78 is 11.4. The summed E-state index contributed by atoms with van der Waals surface area (Å²) in [5.74, 6) is 0.807. The summed E-state index contributed by atoms with van der Waals surface area (Å²) in [4.78, 5) is 12.2. The van der Waals surface area contributed by atoms with Crippen LogP contribution in [0.5, 0.6) is 0 Å². The van der Waals surface area contributed by atoms with Crippen molar-refractivity contribution in [2.75, 3.05) is 6.61 Å². The Kier molecular flexibility index (Phi) is 4.57. The number of furan rings is 1. The molecule has 1 saturated heterocycles. The molecule has 0 spiro atoms. The molecule has 124 valence electrons. The Labute approximate surface area is 136 Å². The number of hydrogen-bond donors (Lipinski definition) is 2. The standard InChI is InChI=1S/C18H24N2O3/c1-11-10-14(8-9-22-11)20-18(21)19-13(3)17-12(2)15-6-4-5-7-16(15)23-17/h4-7,11,13-14H,8-10H2,1-3H3,(H2,19,20,21)/t11?,13-,14?/m0/s1. The molecule has 2 heterocycles. The maximum atomic E-state index is 12.2. The van der Waals surface area contributed by atoms with Crippen LogP contribution in [0.4, 0.5) is 4.79 Å². The van der Waals surface area contributed by atoms with Crippen molar-refractivity contribution in [3.05, 3.63) is 35.6 Å². The monoisotopic (exact) mass is 316 g/mol. The van der Waals surface area contributed by atoms with Gasteiger partial charge in [-0.25, -0.2) is 4.79 Å². The number of hydrogen-bond acceptors (Lipinski definition) is 3. The smallest absolute Gasteiger partial charge is 0.315 e. The van der Waals surface area contributed by atoms with E-state index in [0.29, 0.717) is 6.61 Å². The number of nitrogens with one attached hydrogen (secondary N) is 2. The second kappa shape index (κ2) is 6.62. The highest BCUT2D eigenvalue weighted by atomic mass is 16.5. The van der Waals surface area contributed by atoms with E-state index in [9.17, 15) is 4.79 Å². The van der Waals surface area contributed by atoms with E-state index in [0.717, 1.165) is 35.1 Å². The summed E-state index contributed by atoms with van der Waals surface area (Å²) in [6.07, 6.45) is 1.91. The molecule has 0 saturated carbocycles. The van der Waals surface area contributed by atoms with E-state index >= 15 is 0 Å². The van der Waals surface area contributed by atoms with Gasteiger partial charge in [-0.3, -0.25) is 0 Å². The number of carbonyl (C=O) groups is 1. The van der Waals surface area contributed by atoms with Gasteiger partial charge in [-0.05, 0) is 39.7 Å². The van der Waals surface area contributed by atoms with Crippen molar-refractivity contribution in [3.63, 3.8) is 0 Å². The second-order valence-electron chi connectivity index (χ2n) is 6.33. The van der Waals surface area contributed by atoms with E-state index in [1.54, 1.807) is 0 Å². The van der Waals surface area contributed by atoms with Gasteiger partial charge in [-0.1, -0.05) is 18.2 Å². The Morgan fingerprint density at radius 3 is 2.87 bits per heavy atom. The fraction of sp³-hybridized carbons (Fsp3) is 0.500. The number of aryl methyl sites for hydroxylation is 1. The van der Waals surface area contributed by atoms with Crippen LogP contribution in [0, 0.1) is 6.92 Å². The van der Waals surface area contributed by atoms with Gasteiger partial charge >= 0.3 is 6.03 Å². The maximum absolute atomic E-state index is 12.2. The average molecular weight is 316 g/mol. The van der Waals surface area contributed by atoms with Gasteiger partial charge in [0.2, 0.25) is 0 Å². The molecule has 1 aliphatic rings. The topological polar surface area (TPSA) is 63.5 Å². The van der Waals surface area contributed by atoms with Crippen molar-refractivity contribution >= 4 is 17.0 Å². The summed E-state index contributed by atoms with van der Waals surface area (Å²) in [5, 5.41) is 7.10. The first-order valence-electron chi connectivity index (χ1n) is 8.21. The van der Waals surface area contributed by atoms with E-state index in [1.807, 2.05) is 45.0 Å². The van der Waals surface area contributed by atoms with Crippen LogP contribution in [0.2, 0.25) is 0 Å². The van der Waals surface area contributed by atoms with Crippen LogP contribution in [0.1, 0.15) is 44.1 Å². The minimum absolute atomic E-state index is 0.156. The molecule has 1 aromatic heterocycles. The van der Waals surface area contributed by atoms with Crippen LogP contribution in [0.15, 0.2) is 28.7 Å². The minimum atomic E-state index is -0.181. The molecule has 2 amide bonds. The van der Waals surface area contributed by atoms with Gasteiger partial charge in [-0.15, -0.1) is 0 Å². The predicted molar refractivity (Wildman–Crippen MR) is 89.5 cm³/mol. The molecule has 2 aromatic rings. The van der Waals surface area contributed by atoms with Crippen LogP contribution in [-0.4, -0.2) is 24.8 Å². The first kappa shape index (κ1) is 15.9. The van der Waals surface area contributed by atoms with Gasteiger partial charge in [0.05, 0.1) is 12.1 Å². The summed E-state index contributed by atoms with van der Waals surface area (Å²) in [7, 11) is 0. The molecule has 3 atom stereocenters. The van der Waals surface area contributed by atoms with Crippen molar-refractivity contribution < 1.29 is 13.9 Å². The van der Waals surface area contributed by atoms with E-state index in [1.165, 1.54) is 0 Å². The van der Waals surface area contributed by atoms with Crippen molar-refractivity contribution in [1.82, 2.24) is 10.6 Å². The van der Waals surface area contributed by atoms with Gasteiger partial charge in [0, 0.05) is 23.6 Å². The molecule has 0 aliphatic carbocycles. The molecule has 1 aliphatic heterocycles. The molecule has 2 unspecified atom stereocenters. The molecular weight excluding hydrogens is 292 g/mol. The molecule has 5 heteroatoms. The summed E-state index contributed by atoms with van der Waals surface area (Å²) >= 11 is 0. The van der Waals surface area contributed by atoms with Crippen LogP contribution in [-0.2, 0) is 4.74 Å². The van der Waals surface area contributed by atoms with Crippen LogP contribution in [0.25, 0.3) is 11.0 Å². The zero-order chi connectivity index (χ0) is 16.4. The molecule has 5 nitrogen and oxygen atoms in total. The third kappa shape index (κ3) is 3.50. The van der Waals surface area contributed by atoms with E-state index < -0.39 is 0 Å². The van der Waals surface area contributed by atoms with Gasteiger partial charge in [0.15, 0.2) is 0 Å². The Bertz CT molecular complexity index is 695. The summed E-state index contributed by atoms with van der Waals surface area (Å²) in [6.45, 7) is 6.70. The summed E-state index contributed by atoms with van der Waals surface area (Å²) in [6, 6.07) is 7.76. The lowest BCUT2D eigenvalue weighted by molar-refractivity contribution is 0.0153. The quantitative estimate of drug-likeness (QED) is 0.908. The highest BCUT2D eigenvalue weighted by molar-refractivity contribution is 5.82. The second-order valence-corrected chi connectivity index (χ2v) is 6.33. The first-order chi connectivity index (χ1) is 11.0. The molecule has 23 heavy (non-hydrogen) atoms. The lowest BCUT2D eigenvalue weighted by atomic mass is 10.0. The van der Waals surface area contributed by atoms with Crippen molar-refractivity contribution in [2.45, 2.75) is 51.8 Å². The summed E-state index contributed by atoms with van der Waals surface area (Å²) in [5.41, 5.74) is 1.93. The lowest BCUT2D eigenvalue weighted by Gasteiger charge is -2.28. The first-order valence-corrected chi connectivity index (χ1v) is 8.21. The number of benzene rings is 1. The molecule has 0 radical (unpaired) electrons. The fourth-order valence-electron chi connectivity index (χ4n) is 3.22. The van der Waals surface area contributed by atoms with E-state index in [2.05, 4.69) is 10.6 Å². The van der Waals surface area contributed by atoms with Crippen molar-refractivity contribution in [1.29, 1.82) is 0 Å². The zero-order valence-electron chi connectivity index (χ0n) is 13.9. The highest BCUT2D eigenvalue weighted by Gasteiger charge is 2.23. The van der Waals surface area contributed by atoms with Crippen molar-refractivity contribution in [3.8, 4) is 0 Å². The zero-order valence-corrected chi connectivity index (χ0v) is 13.9. The van der Waals surface area contributed by atoms with Gasteiger partial charge < -0.3 is 19.8 Å². The molecular formula is C18H24N2O3. The Morgan fingerprint density at radius 1 is 1.35 bits per heavy atom. The maximum Gasteiger partial charge on any atom is 0.315 e. The third-order valence-corrected chi connectivity index (χ3v) is 4.44. The van der Waals surface area contributed by atoms with Crippen LogP contribution < -0.4 is 10.6 Å². The Morgan fingerprint density at radius 2 is 2.13 bits per heavy atom. The lowest BCUT2D eigenvalue weighted by Crippen LogP contribution is -2.46. The van der Waals surface area contributed by atoms with E-state index in [4.69, 9.17) is 9.15 Å². The molecule has 3 rings (SSSR count). The third-order valence-electron chi connectivity index (χ3n) is 4.44. The average Bonchev–Trinajstić information content (AvgIpc) is 2.85. The van der Waals surface area contributed by atoms with Crippen LogP contribution in [0.3, 0.4) is 0 Å². The van der Waals surface area contributed by atoms with Gasteiger partial charge in [-0.2, -0.15) is 0 Å². The molecule has 0 bridgehead atoms. The Balaban J connectivity index is 1.64. The number of carbonyl (C=O) groups excluding carboxylic acids is 1.